The third-order valence-corrected chi connectivity index (χ3v) is 23.8. The second-order valence-electron chi connectivity index (χ2n) is 24.0. The largest absolute Gasteiger partial charge is 0.468 e. The first-order valence-electron chi connectivity index (χ1n) is 32.1. The average Bonchev–Trinajstić information content (AvgIpc) is 1.96. The minimum atomic E-state index is -0.386. The molecule has 8 aliphatic rings. The molecule has 0 spiro atoms. The van der Waals surface area contributed by atoms with Crippen molar-refractivity contribution in [3.63, 3.8) is 0 Å². The van der Waals surface area contributed by atoms with E-state index in [-0.39, 0.29) is 66.4 Å². The SMILES string of the molecule is CNC1C(=O)N(C2CC2)CCc2ccsc21.CNC1C(=O)N(C2CCCC2)CCc2ccsc21.CNC1C(=O)N(C2CCCCCC2)CCc2ccsc21.CNC1C(=O)N(CC(=O)OC)CCc2ccsc21.CNC1C(=O)N(CCOC)CCc2ccsc21. The Hall–Kier alpha value is -4.92. The third-order valence-electron chi connectivity index (χ3n) is 18.7. The predicted molar refractivity (Wildman–Crippen MR) is 358 cm³/mol. The van der Waals surface area contributed by atoms with E-state index in [1.165, 1.54) is 127 Å². The lowest BCUT2D eigenvalue weighted by atomic mass is 10.1. The van der Waals surface area contributed by atoms with Crippen LogP contribution in [-0.2, 0) is 70.3 Å². The topological polar surface area (TPSA) is 197 Å². The zero-order valence-corrected chi connectivity index (χ0v) is 57.2. The maximum Gasteiger partial charge on any atom is 0.325 e. The van der Waals surface area contributed by atoms with Crippen molar-refractivity contribution in [2.45, 2.75) is 157 Å². The lowest BCUT2D eigenvalue weighted by Crippen LogP contribution is -2.45. The Morgan fingerprint density at radius 3 is 1.02 bits per heavy atom. The fourth-order valence-corrected chi connectivity index (χ4v) is 18.9. The van der Waals surface area contributed by atoms with Crippen molar-refractivity contribution in [1.82, 2.24) is 51.1 Å². The molecule has 486 valence electrons. The fraction of sp³-hybridized carbons (Fsp3) is 0.606. The number of thiophene rings is 5. The molecule has 0 aromatic carbocycles. The first-order valence-corrected chi connectivity index (χ1v) is 36.5. The number of esters is 1. The van der Waals surface area contributed by atoms with Gasteiger partial charge in [0, 0.05) is 88.9 Å². The number of carbonyl (C=O) groups is 6. The number of amides is 5. The molecule has 3 saturated carbocycles. The van der Waals surface area contributed by atoms with Crippen molar-refractivity contribution in [1.29, 1.82) is 0 Å². The lowest BCUT2D eigenvalue weighted by Gasteiger charge is -2.32. The predicted octanol–water partition coefficient (Wildman–Crippen LogP) is 8.61. The van der Waals surface area contributed by atoms with E-state index in [0.717, 1.165) is 68.0 Å². The smallest absolute Gasteiger partial charge is 0.325 e. The summed E-state index contributed by atoms with van der Waals surface area (Å²) < 4.78 is 9.67. The van der Waals surface area contributed by atoms with Gasteiger partial charge in [-0.25, -0.2) is 0 Å². The highest BCUT2D eigenvalue weighted by molar-refractivity contribution is 7.11. The van der Waals surface area contributed by atoms with E-state index in [1.54, 1.807) is 75.7 Å². The Morgan fingerprint density at radius 1 is 0.416 bits per heavy atom. The van der Waals surface area contributed by atoms with Gasteiger partial charge in [0.15, 0.2) is 0 Å². The van der Waals surface area contributed by atoms with E-state index in [2.05, 4.69) is 91.8 Å². The number of hydrogen-bond acceptors (Lipinski definition) is 18. The van der Waals surface area contributed by atoms with Crippen LogP contribution in [0.3, 0.4) is 0 Å². The van der Waals surface area contributed by atoms with Gasteiger partial charge in [0.2, 0.25) is 29.5 Å². The van der Waals surface area contributed by atoms with Crippen molar-refractivity contribution in [2.24, 2.45) is 0 Å². The summed E-state index contributed by atoms with van der Waals surface area (Å²) in [5.74, 6) is 0.552. The fourth-order valence-electron chi connectivity index (χ4n) is 13.6. The van der Waals surface area contributed by atoms with Gasteiger partial charge in [-0.1, -0.05) is 38.5 Å². The summed E-state index contributed by atoms with van der Waals surface area (Å²) in [6.07, 6.45) is 19.7. The molecule has 5 aromatic heterocycles. The first-order chi connectivity index (χ1) is 43.4. The van der Waals surface area contributed by atoms with Gasteiger partial charge in [-0.15, -0.1) is 56.7 Å². The number of nitrogens with one attached hydrogen (secondary N) is 5. The molecular weight excluding hydrogens is 1220 g/mol. The van der Waals surface area contributed by atoms with E-state index >= 15 is 0 Å². The van der Waals surface area contributed by atoms with Gasteiger partial charge in [-0.2, -0.15) is 0 Å². The molecule has 5 amide bonds. The van der Waals surface area contributed by atoms with E-state index in [0.29, 0.717) is 43.7 Å². The molecular formula is C66H94N10O8S5. The number of methoxy groups -OCH3 is 2. The highest BCUT2D eigenvalue weighted by Crippen LogP contribution is 2.38. The van der Waals surface area contributed by atoms with Crippen LogP contribution in [0.25, 0.3) is 0 Å². The van der Waals surface area contributed by atoms with Gasteiger partial charge >= 0.3 is 5.97 Å². The van der Waals surface area contributed by atoms with E-state index in [9.17, 15) is 28.8 Å². The summed E-state index contributed by atoms with van der Waals surface area (Å²) in [5, 5.41) is 26.1. The Morgan fingerprint density at radius 2 is 0.708 bits per heavy atom. The van der Waals surface area contributed by atoms with Crippen LogP contribution >= 0.6 is 56.7 Å². The molecule has 13 rings (SSSR count). The number of carbonyl (C=O) groups excluding carboxylic acids is 6. The van der Waals surface area contributed by atoms with Crippen molar-refractivity contribution >= 4 is 92.2 Å². The molecule has 3 fully saturated rings. The van der Waals surface area contributed by atoms with Crippen molar-refractivity contribution in [3.8, 4) is 0 Å². The van der Waals surface area contributed by atoms with Gasteiger partial charge in [0.1, 0.15) is 36.8 Å². The number of nitrogens with zero attached hydrogens (tertiary/aromatic N) is 5. The summed E-state index contributed by atoms with van der Waals surface area (Å²) in [4.78, 5) is 89.7. The van der Waals surface area contributed by atoms with Gasteiger partial charge in [0.05, 0.1) is 13.7 Å². The Balaban J connectivity index is 0.000000132. The third kappa shape index (κ3) is 16.7. The maximum absolute atomic E-state index is 12.9. The molecule has 3 aliphatic carbocycles. The summed E-state index contributed by atoms with van der Waals surface area (Å²) in [6, 6.07) is 11.3. The minimum absolute atomic E-state index is 0.0163. The molecule has 0 saturated heterocycles. The van der Waals surface area contributed by atoms with Crippen LogP contribution in [0.1, 0.15) is 159 Å². The molecule has 5 aromatic rings. The average molecular weight is 1320 g/mol. The Kier molecular flexibility index (Phi) is 25.8. The number of fused-ring (bicyclic) bond motifs is 5. The lowest BCUT2D eigenvalue weighted by molar-refractivity contribution is -0.147. The number of likely N-dealkylation sites (N-methyl/N-ethyl adjacent to an activating group) is 5. The van der Waals surface area contributed by atoms with E-state index in [1.807, 2.05) is 44.5 Å². The summed E-state index contributed by atoms with van der Waals surface area (Å²) in [6.45, 7) is 5.29. The highest BCUT2D eigenvalue weighted by Gasteiger charge is 2.40. The quantitative estimate of drug-likeness (QED) is 0.0556. The molecule has 5 aliphatic heterocycles. The van der Waals surface area contributed by atoms with Crippen LogP contribution in [-0.4, -0.2) is 180 Å². The second kappa shape index (κ2) is 33.6. The van der Waals surface area contributed by atoms with Crippen LogP contribution in [0, 0.1) is 0 Å². The number of hydrogen-bond donors (Lipinski definition) is 5. The van der Waals surface area contributed by atoms with Crippen LogP contribution in [0.15, 0.2) is 57.2 Å². The zero-order chi connectivity index (χ0) is 63.0. The summed E-state index contributed by atoms with van der Waals surface area (Å²) >= 11 is 8.36. The van der Waals surface area contributed by atoms with Crippen molar-refractivity contribution in [3.05, 3.63) is 109 Å². The molecule has 0 bridgehead atoms. The highest BCUT2D eigenvalue weighted by atomic mass is 32.1. The van der Waals surface area contributed by atoms with Gasteiger partial charge in [-0.3, -0.25) is 28.8 Å². The van der Waals surface area contributed by atoms with Gasteiger partial charge in [-0.05, 0) is 191 Å². The molecule has 5 unspecified atom stereocenters. The zero-order valence-electron chi connectivity index (χ0n) is 53.1. The van der Waals surface area contributed by atoms with E-state index in [4.69, 9.17) is 4.74 Å². The van der Waals surface area contributed by atoms with E-state index < -0.39 is 0 Å². The summed E-state index contributed by atoms with van der Waals surface area (Å²) in [7, 11) is 12.3. The van der Waals surface area contributed by atoms with Crippen LogP contribution in [0.2, 0.25) is 0 Å². The molecule has 0 radical (unpaired) electrons. The monoisotopic (exact) mass is 1310 g/mol. The number of rotatable bonds is 13. The van der Waals surface area contributed by atoms with Crippen LogP contribution in [0.4, 0.5) is 0 Å². The van der Waals surface area contributed by atoms with Crippen molar-refractivity contribution < 1.29 is 38.2 Å². The molecule has 23 heteroatoms. The molecule has 5 N–H and O–H groups in total. The standard InChI is InChI=1S/C16H24N2OS.C14H20N2OS.C12H16N2O3S.C12H18N2O2S.C12H16N2OS/c1-17-14-15-12(9-11-20-15)8-10-18(16(14)19)13-6-4-2-3-5-7-13;1-15-12-13-10(7-9-18-13)6-8-16(14(12)17)11-4-2-3-5-11;1-13-10-11-8(4-6-18-11)3-5-14(12(10)16)7-9(15)17-2;1-13-10-11-9(4-8-17-11)3-5-14(12(10)15)6-7-16-2;1-13-10-11-8(5-7-16-11)4-6-14(12(10)15)9-2-3-9/h9,11,13-14,17H,2-8,10H2,1H3;7,9,11-12,15H,2-6,8H2,1H3;4,6,10,13H,3,5,7H2,1-2H3;4,8,10,13H,3,5-7H2,1-2H3;5,7,9-10,13H,2-4,6H2,1H3. The van der Waals surface area contributed by atoms with Gasteiger partial charge in [0.25, 0.3) is 0 Å². The Bertz CT molecular complexity index is 3100. The second-order valence-corrected chi connectivity index (χ2v) is 28.7. The normalized spacial score (nSPS) is 23.1. The number of ether oxygens (including phenoxy) is 2. The molecule has 18 nitrogen and oxygen atoms in total. The molecule has 10 heterocycles. The Labute approximate surface area is 546 Å². The van der Waals surface area contributed by atoms with Crippen molar-refractivity contribution in [2.75, 3.05) is 102 Å². The first kappa shape index (κ1) is 68.4. The van der Waals surface area contributed by atoms with Gasteiger partial charge < -0.3 is 60.6 Å². The molecule has 5 atom stereocenters. The minimum Gasteiger partial charge on any atom is -0.468 e. The van der Waals surface area contributed by atoms with Crippen LogP contribution in [0.5, 0.6) is 0 Å². The maximum atomic E-state index is 12.9. The molecule has 89 heavy (non-hydrogen) atoms. The summed E-state index contributed by atoms with van der Waals surface area (Å²) in [5.41, 5.74) is 6.54. The van der Waals surface area contributed by atoms with Crippen LogP contribution < -0.4 is 26.6 Å².